The van der Waals surface area contributed by atoms with Gasteiger partial charge in [-0.3, -0.25) is 4.90 Å². The number of morpholine rings is 1. The minimum Gasteiger partial charge on any atom is -0.454 e. The second kappa shape index (κ2) is 12.2. The number of ether oxygens (including phenoxy) is 3. The molecule has 2 N–H and O–H groups in total. The third-order valence-electron chi connectivity index (χ3n) is 4.50. The topological polar surface area (TPSA) is 67.4 Å². The van der Waals surface area contributed by atoms with E-state index in [9.17, 15) is 0 Å². The summed E-state index contributed by atoms with van der Waals surface area (Å²) in [6.07, 6.45) is 2.32. The average Bonchev–Trinajstić information content (AvgIpc) is 3.14. The summed E-state index contributed by atoms with van der Waals surface area (Å²) in [5.41, 5.74) is 1.11. The van der Waals surface area contributed by atoms with Crippen molar-refractivity contribution in [3.63, 3.8) is 0 Å². The number of nitrogens with one attached hydrogen (secondary N) is 2. The van der Waals surface area contributed by atoms with Crippen LogP contribution in [0, 0.1) is 0 Å². The standard InChI is InChI=1S/C19H30N4O3.HI/c1-2-20-19(21-7-3-4-8-23-9-11-24-12-10-23)22-14-16-5-6-17-18(13-16)26-15-25-17;/h5-6,13H,2-4,7-12,14-15H2,1H3,(H2,20,21,22);1H. The summed E-state index contributed by atoms with van der Waals surface area (Å²) in [5, 5.41) is 6.72. The second-order valence-electron chi connectivity index (χ2n) is 6.47. The molecule has 0 aliphatic carbocycles. The van der Waals surface area contributed by atoms with Gasteiger partial charge >= 0.3 is 0 Å². The molecule has 1 aromatic carbocycles. The van der Waals surface area contributed by atoms with Crippen molar-refractivity contribution in [1.82, 2.24) is 15.5 Å². The van der Waals surface area contributed by atoms with Crippen LogP contribution in [0.2, 0.25) is 0 Å². The smallest absolute Gasteiger partial charge is 0.231 e. The molecule has 7 nitrogen and oxygen atoms in total. The van der Waals surface area contributed by atoms with E-state index < -0.39 is 0 Å². The van der Waals surface area contributed by atoms with Gasteiger partial charge in [0.2, 0.25) is 6.79 Å². The average molecular weight is 490 g/mol. The Hall–Kier alpha value is -1.26. The van der Waals surface area contributed by atoms with Crippen molar-refractivity contribution in [3.8, 4) is 11.5 Å². The largest absolute Gasteiger partial charge is 0.454 e. The van der Waals surface area contributed by atoms with E-state index in [1.807, 2.05) is 18.2 Å². The number of fused-ring (bicyclic) bond motifs is 1. The van der Waals surface area contributed by atoms with E-state index in [0.29, 0.717) is 13.3 Å². The lowest BCUT2D eigenvalue weighted by Crippen LogP contribution is -2.39. The van der Waals surface area contributed by atoms with E-state index in [2.05, 4.69) is 27.4 Å². The predicted octanol–water partition coefficient (Wildman–Crippen LogP) is 2.20. The normalized spacial score (nSPS) is 16.7. The number of aliphatic imine (C=N–C) groups is 1. The molecular weight excluding hydrogens is 459 g/mol. The predicted molar refractivity (Wildman–Crippen MR) is 117 cm³/mol. The Balaban J connectivity index is 0.00000261. The van der Waals surface area contributed by atoms with Crippen molar-refractivity contribution in [2.24, 2.45) is 4.99 Å². The summed E-state index contributed by atoms with van der Waals surface area (Å²) < 4.78 is 16.1. The van der Waals surface area contributed by atoms with E-state index >= 15 is 0 Å². The summed E-state index contributed by atoms with van der Waals surface area (Å²) in [6, 6.07) is 5.97. The van der Waals surface area contributed by atoms with Gasteiger partial charge in [0.15, 0.2) is 17.5 Å². The Morgan fingerprint density at radius 2 is 1.93 bits per heavy atom. The van der Waals surface area contributed by atoms with Crippen LogP contribution in [-0.2, 0) is 11.3 Å². The fourth-order valence-electron chi connectivity index (χ4n) is 3.04. The zero-order chi connectivity index (χ0) is 18.0. The summed E-state index contributed by atoms with van der Waals surface area (Å²) in [4.78, 5) is 7.14. The first-order valence-corrected chi connectivity index (χ1v) is 9.56. The highest BCUT2D eigenvalue weighted by Crippen LogP contribution is 2.32. The number of halogens is 1. The number of nitrogens with zero attached hydrogens (tertiary/aromatic N) is 2. The van der Waals surface area contributed by atoms with Gasteiger partial charge in [-0.2, -0.15) is 0 Å². The van der Waals surface area contributed by atoms with Crippen LogP contribution in [0.1, 0.15) is 25.3 Å². The van der Waals surface area contributed by atoms with E-state index in [-0.39, 0.29) is 24.0 Å². The molecule has 0 saturated carbocycles. The summed E-state index contributed by atoms with van der Waals surface area (Å²) in [7, 11) is 0. The molecule has 27 heavy (non-hydrogen) atoms. The third-order valence-corrected chi connectivity index (χ3v) is 4.50. The molecule has 2 heterocycles. The third kappa shape index (κ3) is 7.34. The van der Waals surface area contributed by atoms with Gasteiger partial charge in [-0.15, -0.1) is 24.0 Å². The van der Waals surface area contributed by atoms with E-state index in [4.69, 9.17) is 14.2 Å². The Labute approximate surface area is 178 Å². The fraction of sp³-hybridized carbons (Fsp3) is 0.632. The van der Waals surface area contributed by atoms with E-state index in [0.717, 1.165) is 75.4 Å². The molecule has 1 aromatic rings. The first kappa shape index (κ1) is 22.0. The van der Waals surface area contributed by atoms with Crippen molar-refractivity contribution >= 4 is 29.9 Å². The quantitative estimate of drug-likeness (QED) is 0.252. The molecule has 0 aromatic heterocycles. The summed E-state index contributed by atoms with van der Waals surface area (Å²) in [5.74, 6) is 2.47. The first-order valence-electron chi connectivity index (χ1n) is 9.56. The second-order valence-corrected chi connectivity index (χ2v) is 6.47. The lowest BCUT2D eigenvalue weighted by Gasteiger charge is -2.26. The highest BCUT2D eigenvalue weighted by Gasteiger charge is 2.13. The maximum absolute atomic E-state index is 5.42. The van der Waals surface area contributed by atoms with Crippen molar-refractivity contribution < 1.29 is 14.2 Å². The van der Waals surface area contributed by atoms with Crippen LogP contribution in [-0.4, -0.2) is 63.6 Å². The molecule has 0 radical (unpaired) electrons. The molecule has 0 amide bonds. The molecule has 0 atom stereocenters. The molecule has 152 valence electrons. The van der Waals surface area contributed by atoms with Crippen LogP contribution in [0.15, 0.2) is 23.2 Å². The zero-order valence-electron chi connectivity index (χ0n) is 16.0. The van der Waals surface area contributed by atoms with Crippen molar-refractivity contribution in [2.45, 2.75) is 26.3 Å². The lowest BCUT2D eigenvalue weighted by molar-refractivity contribution is 0.0372. The summed E-state index contributed by atoms with van der Waals surface area (Å²) >= 11 is 0. The van der Waals surface area contributed by atoms with Crippen LogP contribution in [0.5, 0.6) is 11.5 Å². The fourth-order valence-corrected chi connectivity index (χ4v) is 3.04. The van der Waals surface area contributed by atoms with Crippen LogP contribution in [0.3, 0.4) is 0 Å². The molecule has 2 aliphatic rings. The number of unbranched alkanes of at least 4 members (excludes halogenated alkanes) is 1. The number of hydrogen-bond acceptors (Lipinski definition) is 5. The van der Waals surface area contributed by atoms with Gasteiger partial charge in [0.25, 0.3) is 0 Å². The lowest BCUT2D eigenvalue weighted by atomic mass is 10.2. The molecule has 1 fully saturated rings. The maximum atomic E-state index is 5.42. The molecule has 0 unspecified atom stereocenters. The Bertz CT molecular complexity index is 594. The minimum absolute atomic E-state index is 0. The minimum atomic E-state index is 0. The Morgan fingerprint density at radius 3 is 2.74 bits per heavy atom. The number of benzene rings is 1. The van der Waals surface area contributed by atoms with Gasteiger partial charge in [0.05, 0.1) is 19.8 Å². The number of guanidine groups is 1. The van der Waals surface area contributed by atoms with E-state index in [1.165, 1.54) is 6.42 Å². The number of hydrogen-bond donors (Lipinski definition) is 2. The van der Waals surface area contributed by atoms with Crippen molar-refractivity contribution in [1.29, 1.82) is 0 Å². The summed E-state index contributed by atoms with van der Waals surface area (Å²) in [6.45, 7) is 9.78. The molecule has 8 heteroatoms. The van der Waals surface area contributed by atoms with Gasteiger partial charge in [-0.25, -0.2) is 4.99 Å². The van der Waals surface area contributed by atoms with E-state index in [1.54, 1.807) is 0 Å². The van der Waals surface area contributed by atoms with Crippen LogP contribution in [0.4, 0.5) is 0 Å². The maximum Gasteiger partial charge on any atom is 0.231 e. The van der Waals surface area contributed by atoms with Gasteiger partial charge in [-0.1, -0.05) is 6.07 Å². The highest BCUT2D eigenvalue weighted by molar-refractivity contribution is 14.0. The molecule has 2 aliphatic heterocycles. The number of rotatable bonds is 8. The molecule has 1 saturated heterocycles. The van der Waals surface area contributed by atoms with Crippen LogP contribution < -0.4 is 20.1 Å². The van der Waals surface area contributed by atoms with Gasteiger partial charge in [0.1, 0.15) is 0 Å². The first-order chi connectivity index (χ1) is 12.8. The SMILES string of the molecule is CCNC(=NCc1ccc2c(c1)OCO2)NCCCCN1CCOCC1.I. The zero-order valence-corrected chi connectivity index (χ0v) is 18.4. The molecule has 0 bridgehead atoms. The molecule has 3 rings (SSSR count). The monoisotopic (exact) mass is 490 g/mol. The Morgan fingerprint density at radius 1 is 1.11 bits per heavy atom. The van der Waals surface area contributed by atoms with Gasteiger partial charge < -0.3 is 24.8 Å². The molecule has 0 spiro atoms. The Kier molecular flexibility index (Phi) is 10.00. The van der Waals surface area contributed by atoms with Crippen molar-refractivity contribution in [3.05, 3.63) is 23.8 Å². The molecular formula is C19H31IN4O3. The van der Waals surface area contributed by atoms with Crippen LogP contribution in [0.25, 0.3) is 0 Å². The highest BCUT2D eigenvalue weighted by atomic mass is 127. The van der Waals surface area contributed by atoms with Crippen molar-refractivity contribution in [2.75, 3.05) is 52.7 Å². The van der Waals surface area contributed by atoms with Gasteiger partial charge in [0, 0.05) is 26.2 Å². The van der Waals surface area contributed by atoms with Crippen LogP contribution >= 0.6 is 24.0 Å². The van der Waals surface area contributed by atoms with Gasteiger partial charge in [-0.05, 0) is 44.0 Å².